The van der Waals surface area contributed by atoms with Gasteiger partial charge in [0.1, 0.15) is 11.7 Å². The lowest BCUT2D eigenvalue weighted by Gasteiger charge is -2.19. The second-order valence-electron chi connectivity index (χ2n) is 4.12. The van der Waals surface area contributed by atoms with E-state index < -0.39 is 0 Å². The quantitative estimate of drug-likeness (QED) is 0.372. The van der Waals surface area contributed by atoms with Gasteiger partial charge in [-0.1, -0.05) is 29.4 Å². The van der Waals surface area contributed by atoms with Crippen LogP contribution >= 0.6 is 0 Å². The van der Waals surface area contributed by atoms with Crippen molar-refractivity contribution in [1.82, 2.24) is 4.98 Å². The Morgan fingerprint density at radius 1 is 1.39 bits per heavy atom. The number of benzene rings is 1. The number of aromatic nitrogens is 1. The number of hydrogen-bond acceptors (Lipinski definition) is 4. The van der Waals surface area contributed by atoms with Crippen LogP contribution < -0.4 is 10.6 Å². The molecule has 5 nitrogen and oxygen atoms in total. The summed E-state index contributed by atoms with van der Waals surface area (Å²) in [5, 5.41) is 13.7. The Balaban J connectivity index is 2.25. The largest absolute Gasteiger partial charge is 0.409 e. The monoisotopic (exact) mass is 244 g/mol. The van der Waals surface area contributed by atoms with Crippen LogP contribution in [0.3, 0.4) is 0 Å². The maximum atomic E-state index is 8.52. The van der Waals surface area contributed by atoms with E-state index in [4.69, 9.17) is 10.9 Å². The van der Waals surface area contributed by atoms with E-state index in [1.54, 1.807) is 6.20 Å². The van der Waals surface area contributed by atoms with Gasteiger partial charge in [-0.25, -0.2) is 4.98 Å². The number of hydrogen-bond donors (Lipinski definition) is 2. The van der Waals surface area contributed by atoms with Gasteiger partial charge in [0.05, 0.1) is 0 Å². The first kappa shape index (κ1) is 12.2. The number of oxime groups is 1. The molecule has 0 saturated heterocycles. The Morgan fingerprint density at radius 3 is 2.94 bits per heavy atom. The Bertz CT molecular complexity index is 562. The molecule has 0 bridgehead atoms. The summed E-state index contributed by atoms with van der Waals surface area (Å²) in [4.78, 5) is 6.39. The molecule has 1 heterocycles. The highest BCUT2D eigenvalue weighted by atomic mass is 16.4. The van der Waals surface area contributed by atoms with Gasteiger partial charge in [0.2, 0.25) is 0 Å². The average molecular weight is 244 g/mol. The highest BCUT2D eigenvalue weighted by molar-refractivity contribution is 5.92. The molecule has 0 aliphatic heterocycles. The van der Waals surface area contributed by atoms with Crippen molar-refractivity contribution in [3.05, 3.63) is 36.5 Å². The van der Waals surface area contributed by atoms with Crippen LogP contribution in [0.25, 0.3) is 10.8 Å². The molecular formula is C13H16N4O. The average Bonchev–Trinajstić information content (AvgIpc) is 2.43. The molecule has 2 aromatic rings. The second-order valence-corrected chi connectivity index (χ2v) is 4.12. The van der Waals surface area contributed by atoms with Crippen molar-refractivity contribution in [1.29, 1.82) is 0 Å². The molecule has 0 aliphatic rings. The molecular weight excluding hydrogens is 228 g/mol. The number of amidine groups is 1. The molecule has 18 heavy (non-hydrogen) atoms. The smallest absolute Gasteiger partial charge is 0.140 e. The number of anilines is 1. The van der Waals surface area contributed by atoms with Gasteiger partial charge in [-0.3, -0.25) is 0 Å². The lowest BCUT2D eigenvalue weighted by Crippen LogP contribution is -2.25. The Morgan fingerprint density at radius 2 is 2.17 bits per heavy atom. The van der Waals surface area contributed by atoms with Crippen molar-refractivity contribution in [2.75, 3.05) is 18.5 Å². The molecule has 0 amide bonds. The molecule has 2 rings (SSSR count). The number of nitrogens with zero attached hydrogens (tertiary/aromatic N) is 3. The first-order valence-corrected chi connectivity index (χ1v) is 5.73. The van der Waals surface area contributed by atoms with Gasteiger partial charge in [0.25, 0.3) is 0 Å². The van der Waals surface area contributed by atoms with Crippen LogP contribution in [0.5, 0.6) is 0 Å². The van der Waals surface area contributed by atoms with Crippen LogP contribution in [0.2, 0.25) is 0 Å². The van der Waals surface area contributed by atoms with E-state index >= 15 is 0 Å². The van der Waals surface area contributed by atoms with E-state index in [1.165, 1.54) is 0 Å². The van der Waals surface area contributed by atoms with E-state index in [0.29, 0.717) is 13.0 Å². The third-order valence-electron chi connectivity index (χ3n) is 2.85. The summed E-state index contributed by atoms with van der Waals surface area (Å²) >= 11 is 0. The van der Waals surface area contributed by atoms with Gasteiger partial charge < -0.3 is 15.8 Å². The fraction of sp³-hybridized carbons (Fsp3) is 0.231. The van der Waals surface area contributed by atoms with E-state index in [-0.39, 0.29) is 5.84 Å². The second kappa shape index (κ2) is 5.35. The molecule has 0 aliphatic carbocycles. The van der Waals surface area contributed by atoms with Crippen LogP contribution in [0.1, 0.15) is 6.42 Å². The summed E-state index contributed by atoms with van der Waals surface area (Å²) in [7, 11) is 1.94. The highest BCUT2D eigenvalue weighted by Gasteiger charge is 2.07. The summed E-state index contributed by atoms with van der Waals surface area (Å²) in [6, 6.07) is 10.1. The summed E-state index contributed by atoms with van der Waals surface area (Å²) < 4.78 is 0. The number of fused-ring (bicyclic) bond motifs is 1. The molecule has 0 saturated carbocycles. The lowest BCUT2D eigenvalue weighted by molar-refractivity contribution is 0.317. The molecule has 3 N–H and O–H groups in total. The molecule has 1 aromatic heterocycles. The normalized spacial score (nSPS) is 11.7. The Labute approximate surface area is 106 Å². The molecule has 0 atom stereocenters. The van der Waals surface area contributed by atoms with E-state index in [9.17, 15) is 0 Å². The predicted octanol–water partition coefficient (Wildman–Crippen LogP) is 1.81. The predicted molar refractivity (Wildman–Crippen MR) is 73.0 cm³/mol. The first-order chi connectivity index (χ1) is 8.72. The summed E-state index contributed by atoms with van der Waals surface area (Å²) in [6.07, 6.45) is 2.29. The molecule has 0 fully saturated rings. The van der Waals surface area contributed by atoms with Gasteiger partial charge in [0.15, 0.2) is 0 Å². The van der Waals surface area contributed by atoms with Gasteiger partial charge in [-0.2, -0.15) is 0 Å². The molecule has 94 valence electrons. The maximum Gasteiger partial charge on any atom is 0.140 e. The van der Waals surface area contributed by atoms with Gasteiger partial charge in [-0.05, 0) is 11.5 Å². The molecule has 0 spiro atoms. The van der Waals surface area contributed by atoms with Gasteiger partial charge in [-0.15, -0.1) is 0 Å². The summed E-state index contributed by atoms with van der Waals surface area (Å²) in [5.41, 5.74) is 5.46. The van der Waals surface area contributed by atoms with Gasteiger partial charge in [0, 0.05) is 31.6 Å². The van der Waals surface area contributed by atoms with Crippen LogP contribution in [0.15, 0.2) is 41.7 Å². The standard InChI is InChI=1S/C13H16N4O/c1-17(9-7-12(14)16-18)13-11-5-3-2-4-10(11)6-8-15-13/h2-6,8,18H,7,9H2,1H3,(H2,14,16). The highest BCUT2D eigenvalue weighted by Crippen LogP contribution is 2.23. The maximum absolute atomic E-state index is 8.52. The van der Waals surface area contributed by atoms with Crippen LogP contribution in [0, 0.1) is 0 Å². The van der Waals surface area contributed by atoms with Crippen molar-refractivity contribution in [3.8, 4) is 0 Å². The molecule has 0 unspecified atom stereocenters. The third kappa shape index (κ3) is 2.51. The fourth-order valence-corrected chi connectivity index (χ4v) is 1.85. The Hall–Kier alpha value is -2.30. The van der Waals surface area contributed by atoms with Gasteiger partial charge >= 0.3 is 0 Å². The summed E-state index contributed by atoms with van der Waals surface area (Å²) in [5.74, 6) is 1.13. The molecule has 0 radical (unpaired) electrons. The zero-order chi connectivity index (χ0) is 13.0. The number of nitrogens with two attached hydrogens (primary N) is 1. The van der Waals surface area contributed by atoms with E-state index in [1.807, 2.05) is 36.2 Å². The van der Waals surface area contributed by atoms with Crippen molar-refractivity contribution < 1.29 is 5.21 Å². The minimum absolute atomic E-state index is 0.224. The van der Waals surface area contributed by atoms with E-state index in [0.717, 1.165) is 16.6 Å². The first-order valence-electron chi connectivity index (χ1n) is 5.73. The summed E-state index contributed by atoms with van der Waals surface area (Å²) in [6.45, 7) is 0.650. The van der Waals surface area contributed by atoms with Crippen molar-refractivity contribution in [2.45, 2.75) is 6.42 Å². The Kier molecular flexibility index (Phi) is 3.62. The molecule has 1 aromatic carbocycles. The SMILES string of the molecule is CN(CC/C(N)=N/O)c1nccc2ccccc12. The minimum Gasteiger partial charge on any atom is -0.409 e. The zero-order valence-electron chi connectivity index (χ0n) is 10.2. The number of rotatable bonds is 4. The van der Waals surface area contributed by atoms with Crippen LogP contribution in [-0.4, -0.2) is 29.6 Å². The van der Waals surface area contributed by atoms with Crippen molar-refractivity contribution >= 4 is 22.4 Å². The van der Waals surface area contributed by atoms with Crippen molar-refractivity contribution in [2.24, 2.45) is 10.9 Å². The van der Waals surface area contributed by atoms with Crippen molar-refractivity contribution in [3.63, 3.8) is 0 Å². The number of pyridine rings is 1. The third-order valence-corrected chi connectivity index (χ3v) is 2.85. The fourth-order valence-electron chi connectivity index (χ4n) is 1.85. The minimum atomic E-state index is 0.224. The van der Waals surface area contributed by atoms with Crippen LogP contribution in [-0.2, 0) is 0 Å². The van der Waals surface area contributed by atoms with Crippen LogP contribution in [0.4, 0.5) is 5.82 Å². The zero-order valence-corrected chi connectivity index (χ0v) is 10.2. The van der Waals surface area contributed by atoms with E-state index in [2.05, 4.69) is 16.2 Å². The lowest BCUT2D eigenvalue weighted by atomic mass is 10.1. The topological polar surface area (TPSA) is 74.7 Å². The molecule has 5 heteroatoms.